The summed E-state index contributed by atoms with van der Waals surface area (Å²) >= 11 is 0. The molecule has 0 aliphatic rings. The third-order valence-electron chi connectivity index (χ3n) is 3.06. The van der Waals surface area contributed by atoms with E-state index in [1.54, 1.807) is 36.2 Å². The molecule has 112 valence electrons. The summed E-state index contributed by atoms with van der Waals surface area (Å²) in [5.74, 6) is 0.500. The summed E-state index contributed by atoms with van der Waals surface area (Å²) in [5, 5.41) is 16.2. The Morgan fingerprint density at radius 2 is 2.29 bits per heavy atom. The quantitative estimate of drug-likeness (QED) is 0.849. The van der Waals surface area contributed by atoms with Gasteiger partial charge in [0, 0.05) is 30.4 Å². The van der Waals surface area contributed by atoms with Gasteiger partial charge in [-0.15, -0.1) is 0 Å². The molecule has 0 saturated carbocycles. The number of methoxy groups -OCH3 is 1. The van der Waals surface area contributed by atoms with E-state index in [4.69, 9.17) is 4.74 Å². The first-order valence-electron chi connectivity index (χ1n) is 6.69. The highest BCUT2D eigenvalue weighted by atomic mass is 16.5. The van der Waals surface area contributed by atoms with Gasteiger partial charge >= 0.3 is 0 Å². The number of hydrogen-bond acceptors (Lipinski definition) is 4. The highest BCUT2D eigenvalue weighted by Gasteiger charge is 2.07. The maximum Gasteiger partial charge on any atom is 0.226 e. The number of aryl methyl sites for hydroxylation is 2. The SMILES string of the molecule is COc1ccc(NC(=O)CCn2cc(C)cn2)cc1CO. The predicted octanol–water partition coefficient (Wildman–Crippen LogP) is 1.72. The van der Waals surface area contributed by atoms with Gasteiger partial charge in [0.1, 0.15) is 5.75 Å². The van der Waals surface area contributed by atoms with Crippen LogP contribution in [-0.2, 0) is 17.9 Å². The van der Waals surface area contributed by atoms with E-state index in [-0.39, 0.29) is 12.5 Å². The summed E-state index contributed by atoms with van der Waals surface area (Å²) in [5.41, 5.74) is 2.35. The van der Waals surface area contributed by atoms with Gasteiger partial charge in [-0.05, 0) is 30.7 Å². The van der Waals surface area contributed by atoms with Crippen LogP contribution in [0.4, 0.5) is 5.69 Å². The lowest BCUT2D eigenvalue weighted by atomic mass is 10.2. The Morgan fingerprint density at radius 1 is 1.48 bits per heavy atom. The Labute approximate surface area is 123 Å². The van der Waals surface area contributed by atoms with Crippen LogP contribution in [0.5, 0.6) is 5.75 Å². The summed E-state index contributed by atoms with van der Waals surface area (Å²) in [6.07, 6.45) is 3.99. The molecule has 1 aromatic carbocycles. The van der Waals surface area contributed by atoms with Crippen LogP contribution in [0.3, 0.4) is 0 Å². The van der Waals surface area contributed by atoms with E-state index in [2.05, 4.69) is 10.4 Å². The molecule has 1 aromatic heterocycles. The van der Waals surface area contributed by atoms with Crippen LogP contribution in [0.2, 0.25) is 0 Å². The zero-order chi connectivity index (χ0) is 15.2. The van der Waals surface area contributed by atoms with Crippen LogP contribution in [0.1, 0.15) is 17.5 Å². The van der Waals surface area contributed by atoms with Gasteiger partial charge in [-0.1, -0.05) is 0 Å². The maximum absolute atomic E-state index is 11.9. The summed E-state index contributed by atoms with van der Waals surface area (Å²) in [6, 6.07) is 5.17. The van der Waals surface area contributed by atoms with Crippen molar-refractivity contribution in [2.75, 3.05) is 12.4 Å². The second kappa shape index (κ2) is 6.90. The van der Waals surface area contributed by atoms with E-state index >= 15 is 0 Å². The predicted molar refractivity (Wildman–Crippen MR) is 79.1 cm³/mol. The second-order valence-corrected chi connectivity index (χ2v) is 4.76. The van der Waals surface area contributed by atoms with Crippen LogP contribution < -0.4 is 10.1 Å². The van der Waals surface area contributed by atoms with Crippen LogP contribution in [0, 0.1) is 6.92 Å². The Morgan fingerprint density at radius 3 is 2.90 bits per heavy atom. The molecule has 0 bridgehead atoms. The summed E-state index contributed by atoms with van der Waals surface area (Å²) in [4.78, 5) is 11.9. The van der Waals surface area contributed by atoms with Crippen molar-refractivity contribution in [1.29, 1.82) is 0 Å². The molecule has 0 fully saturated rings. The van der Waals surface area contributed by atoms with Crippen molar-refractivity contribution in [3.63, 3.8) is 0 Å². The molecule has 2 N–H and O–H groups in total. The van der Waals surface area contributed by atoms with Crippen molar-refractivity contribution in [3.8, 4) is 5.75 Å². The van der Waals surface area contributed by atoms with Crippen LogP contribution in [-0.4, -0.2) is 27.9 Å². The lowest BCUT2D eigenvalue weighted by molar-refractivity contribution is -0.116. The molecule has 0 radical (unpaired) electrons. The largest absolute Gasteiger partial charge is 0.496 e. The highest BCUT2D eigenvalue weighted by Crippen LogP contribution is 2.22. The molecule has 0 aliphatic heterocycles. The molecule has 0 spiro atoms. The minimum absolute atomic E-state index is 0.0998. The van der Waals surface area contributed by atoms with Gasteiger partial charge in [-0.25, -0.2) is 0 Å². The molecule has 6 heteroatoms. The molecule has 2 rings (SSSR count). The summed E-state index contributed by atoms with van der Waals surface area (Å²) in [7, 11) is 1.54. The normalized spacial score (nSPS) is 10.4. The molecule has 21 heavy (non-hydrogen) atoms. The standard InChI is InChI=1S/C15H19N3O3/c1-11-8-16-18(9-11)6-5-15(20)17-13-3-4-14(21-2)12(7-13)10-19/h3-4,7-9,19H,5-6,10H2,1-2H3,(H,17,20). The average molecular weight is 289 g/mol. The van der Waals surface area contributed by atoms with Gasteiger partial charge in [-0.3, -0.25) is 9.48 Å². The fourth-order valence-electron chi connectivity index (χ4n) is 2.01. The van der Waals surface area contributed by atoms with Crippen LogP contribution in [0.25, 0.3) is 0 Å². The summed E-state index contributed by atoms with van der Waals surface area (Å²) < 4.78 is 6.86. The van der Waals surface area contributed by atoms with Crippen molar-refractivity contribution in [2.24, 2.45) is 0 Å². The Kier molecular flexibility index (Phi) is 4.94. The number of anilines is 1. The Hall–Kier alpha value is -2.34. The van der Waals surface area contributed by atoms with Crippen molar-refractivity contribution in [1.82, 2.24) is 9.78 Å². The molecule has 0 aliphatic carbocycles. The molecule has 0 saturated heterocycles. The van der Waals surface area contributed by atoms with Crippen molar-refractivity contribution in [3.05, 3.63) is 41.7 Å². The lowest BCUT2D eigenvalue weighted by Crippen LogP contribution is -2.15. The van der Waals surface area contributed by atoms with E-state index in [0.717, 1.165) is 5.56 Å². The number of ether oxygens (including phenoxy) is 1. The molecule has 0 atom stereocenters. The molecule has 0 unspecified atom stereocenters. The first-order chi connectivity index (χ1) is 10.1. The topological polar surface area (TPSA) is 76.4 Å². The first-order valence-corrected chi connectivity index (χ1v) is 6.69. The number of aliphatic hydroxyl groups is 1. The molecular formula is C15H19N3O3. The van der Waals surface area contributed by atoms with Gasteiger partial charge in [0.05, 0.1) is 19.9 Å². The van der Waals surface area contributed by atoms with Gasteiger partial charge < -0.3 is 15.2 Å². The fraction of sp³-hybridized carbons (Fsp3) is 0.333. The smallest absolute Gasteiger partial charge is 0.226 e. The minimum atomic E-state index is -0.139. The Balaban J connectivity index is 1.93. The number of hydrogen-bond donors (Lipinski definition) is 2. The minimum Gasteiger partial charge on any atom is -0.496 e. The molecule has 6 nitrogen and oxygen atoms in total. The van der Waals surface area contributed by atoms with Crippen molar-refractivity contribution >= 4 is 11.6 Å². The number of rotatable bonds is 6. The highest BCUT2D eigenvalue weighted by molar-refractivity contribution is 5.90. The third kappa shape index (κ3) is 4.06. The van der Waals surface area contributed by atoms with E-state index < -0.39 is 0 Å². The summed E-state index contributed by atoms with van der Waals surface area (Å²) in [6.45, 7) is 2.35. The number of carbonyl (C=O) groups is 1. The molecular weight excluding hydrogens is 270 g/mol. The number of aliphatic hydroxyl groups excluding tert-OH is 1. The fourth-order valence-corrected chi connectivity index (χ4v) is 2.01. The second-order valence-electron chi connectivity index (χ2n) is 4.76. The average Bonchev–Trinajstić information content (AvgIpc) is 2.90. The van der Waals surface area contributed by atoms with E-state index in [9.17, 15) is 9.90 Å². The van der Waals surface area contributed by atoms with Gasteiger partial charge in [0.2, 0.25) is 5.91 Å². The number of nitrogens with zero attached hydrogens (tertiary/aromatic N) is 2. The van der Waals surface area contributed by atoms with Gasteiger partial charge in [0.25, 0.3) is 0 Å². The molecule has 1 heterocycles. The van der Waals surface area contributed by atoms with E-state index in [0.29, 0.717) is 30.0 Å². The number of carbonyl (C=O) groups excluding carboxylic acids is 1. The monoisotopic (exact) mass is 289 g/mol. The number of amides is 1. The van der Waals surface area contributed by atoms with Crippen molar-refractivity contribution < 1.29 is 14.6 Å². The molecule has 2 aromatic rings. The first kappa shape index (κ1) is 15.1. The third-order valence-corrected chi connectivity index (χ3v) is 3.06. The van der Waals surface area contributed by atoms with E-state index in [1.807, 2.05) is 13.1 Å². The zero-order valence-corrected chi connectivity index (χ0v) is 12.2. The Bertz CT molecular complexity index is 622. The maximum atomic E-state index is 11.9. The molecule has 1 amide bonds. The van der Waals surface area contributed by atoms with E-state index in [1.165, 1.54) is 0 Å². The van der Waals surface area contributed by atoms with Crippen molar-refractivity contribution in [2.45, 2.75) is 26.5 Å². The lowest BCUT2D eigenvalue weighted by Gasteiger charge is -2.10. The van der Waals surface area contributed by atoms with Crippen LogP contribution in [0.15, 0.2) is 30.6 Å². The number of benzene rings is 1. The van der Waals surface area contributed by atoms with Gasteiger partial charge in [-0.2, -0.15) is 5.10 Å². The number of nitrogens with one attached hydrogen (secondary N) is 1. The zero-order valence-electron chi connectivity index (χ0n) is 12.2. The van der Waals surface area contributed by atoms with Gasteiger partial charge in [0.15, 0.2) is 0 Å². The number of aromatic nitrogens is 2. The van der Waals surface area contributed by atoms with Crippen LogP contribution >= 0.6 is 0 Å².